The van der Waals surface area contributed by atoms with Crippen LogP contribution >= 0.6 is 11.6 Å². The number of benzene rings is 1. The summed E-state index contributed by atoms with van der Waals surface area (Å²) in [5, 5.41) is 18.9. The molecule has 0 amide bonds. The van der Waals surface area contributed by atoms with Gasteiger partial charge in [-0.1, -0.05) is 17.7 Å². The van der Waals surface area contributed by atoms with Gasteiger partial charge in [-0.2, -0.15) is 5.26 Å². The molecular formula is C24H15ClN4O3. The van der Waals surface area contributed by atoms with Crippen molar-refractivity contribution in [2.45, 2.75) is 13.8 Å². The van der Waals surface area contributed by atoms with Gasteiger partial charge in [0.15, 0.2) is 0 Å². The maximum Gasteiger partial charge on any atom is 0.337 e. The molecule has 0 spiro atoms. The smallest absolute Gasteiger partial charge is 0.337 e. The third-order valence-electron chi connectivity index (χ3n) is 5.35. The third kappa shape index (κ3) is 3.22. The molecule has 156 valence electrons. The number of nitrogens with zero attached hydrogens (tertiary/aromatic N) is 3. The normalized spacial score (nSPS) is 13.7. The van der Waals surface area contributed by atoms with Crippen LogP contribution in [0.1, 0.15) is 39.9 Å². The summed E-state index contributed by atoms with van der Waals surface area (Å²) in [6.07, 6.45) is 1.79. The van der Waals surface area contributed by atoms with Crippen LogP contribution in [-0.2, 0) is 0 Å². The number of nitrogens with two attached hydrogens (primary N) is 1. The van der Waals surface area contributed by atoms with Gasteiger partial charge < -0.3 is 15.3 Å². The zero-order valence-electron chi connectivity index (χ0n) is 17.0. The lowest BCUT2D eigenvalue weighted by atomic mass is 9.98. The molecule has 8 heteroatoms. The van der Waals surface area contributed by atoms with Gasteiger partial charge in [0.2, 0.25) is 5.69 Å². The molecule has 32 heavy (non-hydrogen) atoms. The van der Waals surface area contributed by atoms with Gasteiger partial charge >= 0.3 is 5.97 Å². The van der Waals surface area contributed by atoms with Crippen molar-refractivity contribution >= 4 is 46.3 Å². The number of furan rings is 1. The average Bonchev–Trinajstić information content (AvgIpc) is 3.31. The Labute approximate surface area is 188 Å². The Balaban J connectivity index is 1.82. The third-order valence-corrected chi connectivity index (χ3v) is 5.66. The number of carbonyl (C=O) groups is 1. The highest BCUT2D eigenvalue weighted by Gasteiger charge is 2.29. The van der Waals surface area contributed by atoms with E-state index >= 15 is 0 Å². The number of nitrogen functional groups attached to an aromatic ring is 1. The number of pyridine rings is 1. The lowest BCUT2D eigenvalue weighted by molar-refractivity contribution is 0.0697. The maximum absolute atomic E-state index is 11.2. The molecule has 1 aliphatic rings. The monoisotopic (exact) mass is 442 g/mol. The number of aromatic nitrogens is 1. The number of anilines is 1. The van der Waals surface area contributed by atoms with E-state index in [2.05, 4.69) is 15.9 Å². The molecule has 0 unspecified atom stereocenters. The lowest BCUT2D eigenvalue weighted by Crippen LogP contribution is -1.99. The summed E-state index contributed by atoms with van der Waals surface area (Å²) in [4.78, 5) is 19.0. The Morgan fingerprint density at radius 1 is 1.34 bits per heavy atom. The number of allylic oxidation sites excluding steroid dienone is 3. The van der Waals surface area contributed by atoms with Crippen molar-refractivity contribution in [2.75, 3.05) is 5.73 Å². The summed E-state index contributed by atoms with van der Waals surface area (Å²) >= 11 is 6.07. The molecule has 0 aliphatic heterocycles. The summed E-state index contributed by atoms with van der Waals surface area (Å²) in [6, 6.07) is 10.3. The number of hydrogen-bond donors (Lipinski definition) is 2. The highest BCUT2D eigenvalue weighted by molar-refractivity contribution is 6.33. The number of halogens is 1. The minimum absolute atomic E-state index is 0.00883. The SMILES string of the molecule is [C-]#[N+]c1c(N)nc2c(c1C)/C(=C/c1ccc(-c3ccc(C(=O)O)c(Cl)c3)o1)C(C)=C2C#N. The van der Waals surface area contributed by atoms with E-state index in [-0.39, 0.29) is 22.1 Å². The second-order valence-electron chi connectivity index (χ2n) is 7.18. The molecule has 4 rings (SSSR count). The van der Waals surface area contributed by atoms with Crippen molar-refractivity contribution in [1.29, 1.82) is 5.26 Å². The quantitative estimate of drug-likeness (QED) is 0.481. The average molecular weight is 443 g/mol. The Bertz CT molecular complexity index is 1470. The zero-order chi connectivity index (χ0) is 23.2. The van der Waals surface area contributed by atoms with Gasteiger partial charge in [0.1, 0.15) is 23.4 Å². The van der Waals surface area contributed by atoms with Crippen LogP contribution in [0.5, 0.6) is 0 Å². The summed E-state index contributed by atoms with van der Waals surface area (Å²) < 4.78 is 5.95. The van der Waals surface area contributed by atoms with E-state index in [9.17, 15) is 10.1 Å². The van der Waals surface area contributed by atoms with Crippen LogP contribution in [-0.4, -0.2) is 16.1 Å². The van der Waals surface area contributed by atoms with Crippen molar-refractivity contribution in [3.05, 3.63) is 80.5 Å². The molecular weight excluding hydrogens is 428 g/mol. The van der Waals surface area contributed by atoms with E-state index in [0.29, 0.717) is 45.1 Å². The van der Waals surface area contributed by atoms with E-state index in [1.165, 1.54) is 12.1 Å². The fraction of sp³-hybridized carbons (Fsp3) is 0.0833. The highest BCUT2D eigenvalue weighted by Crippen LogP contribution is 2.46. The Hall–Kier alpha value is -4.33. The van der Waals surface area contributed by atoms with Crippen LogP contribution in [0.15, 0.2) is 40.3 Å². The Kier molecular flexibility index (Phi) is 5.06. The van der Waals surface area contributed by atoms with Gasteiger partial charge in [-0.3, -0.25) is 0 Å². The number of nitriles is 1. The minimum Gasteiger partial charge on any atom is -0.478 e. The van der Waals surface area contributed by atoms with Crippen LogP contribution in [0.4, 0.5) is 11.5 Å². The second-order valence-corrected chi connectivity index (χ2v) is 7.58. The summed E-state index contributed by atoms with van der Waals surface area (Å²) in [6.45, 7) is 11.0. The van der Waals surface area contributed by atoms with Gasteiger partial charge in [0, 0.05) is 11.1 Å². The number of aromatic carboxylic acids is 1. The number of carboxylic acid groups (broad SMARTS) is 1. The molecule has 1 aliphatic carbocycles. The number of carboxylic acids is 1. The largest absolute Gasteiger partial charge is 0.478 e. The van der Waals surface area contributed by atoms with Gasteiger partial charge in [-0.05, 0) is 60.9 Å². The van der Waals surface area contributed by atoms with Crippen molar-refractivity contribution in [2.24, 2.45) is 0 Å². The molecule has 0 radical (unpaired) electrons. The first-order chi connectivity index (χ1) is 15.3. The van der Waals surface area contributed by atoms with Gasteiger partial charge in [0.05, 0.1) is 28.4 Å². The highest BCUT2D eigenvalue weighted by atomic mass is 35.5. The summed E-state index contributed by atoms with van der Waals surface area (Å²) in [5.41, 5.74) is 10.5. The molecule has 0 fully saturated rings. The first-order valence-corrected chi connectivity index (χ1v) is 9.79. The van der Waals surface area contributed by atoms with E-state index in [4.69, 9.17) is 33.4 Å². The van der Waals surface area contributed by atoms with Crippen LogP contribution in [0.3, 0.4) is 0 Å². The van der Waals surface area contributed by atoms with Gasteiger partial charge in [-0.25, -0.2) is 14.6 Å². The van der Waals surface area contributed by atoms with Crippen molar-refractivity contribution in [3.8, 4) is 17.4 Å². The Morgan fingerprint density at radius 2 is 2.09 bits per heavy atom. The van der Waals surface area contributed by atoms with Gasteiger partial charge in [-0.15, -0.1) is 0 Å². The van der Waals surface area contributed by atoms with Crippen LogP contribution in [0, 0.1) is 24.8 Å². The lowest BCUT2D eigenvalue weighted by Gasteiger charge is -2.10. The van der Waals surface area contributed by atoms with Gasteiger partial charge in [0.25, 0.3) is 0 Å². The van der Waals surface area contributed by atoms with E-state index in [1.807, 2.05) is 6.92 Å². The summed E-state index contributed by atoms with van der Waals surface area (Å²) in [5.74, 6) is 0.00820. The second kappa shape index (κ2) is 7.73. The molecule has 7 nitrogen and oxygen atoms in total. The van der Waals surface area contributed by atoms with Crippen LogP contribution in [0.25, 0.3) is 33.4 Å². The predicted molar refractivity (Wildman–Crippen MR) is 122 cm³/mol. The standard InChI is InChI=1S/C24H15ClN4O3/c1-11-16(20-12(2)21(28-3)23(27)29-22(20)17(11)10-26)9-14-5-7-19(32-14)13-4-6-15(24(30)31)18(25)8-13/h4-9H,1-2H3,(H2,27,29)(H,30,31)/b16-9+. The predicted octanol–water partition coefficient (Wildman–Crippen LogP) is 5.99. The zero-order valence-corrected chi connectivity index (χ0v) is 17.8. The molecule has 0 atom stereocenters. The molecule has 0 saturated heterocycles. The fourth-order valence-electron chi connectivity index (χ4n) is 3.76. The first-order valence-electron chi connectivity index (χ1n) is 9.41. The number of fused-ring (bicyclic) bond motifs is 1. The summed E-state index contributed by atoms with van der Waals surface area (Å²) in [7, 11) is 0. The van der Waals surface area contributed by atoms with Crippen molar-refractivity contribution < 1.29 is 14.3 Å². The number of hydrogen-bond acceptors (Lipinski definition) is 5. The minimum atomic E-state index is -1.11. The van der Waals surface area contributed by atoms with Crippen LogP contribution < -0.4 is 5.73 Å². The number of rotatable bonds is 3. The topological polar surface area (TPSA) is 118 Å². The maximum atomic E-state index is 11.2. The Morgan fingerprint density at radius 3 is 2.72 bits per heavy atom. The van der Waals surface area contributed by atoms with E-state index in [1.54, 1.807) is 31.2 Å². The molecule has 2 heterocycles. The van der Waals surface area contributed by atoms with E-state index in [0.717, 1.165) is 5.57 Å². The van der Waals surface area contributed by atoms with E-state index < -0.39 is 5.97 Å². The molecule has 2 aromatic heterocycles. The fourth-order valence-corrected chi connectivity index (χ4v) is 4.02. The van der Waals surface area contributed by atoms with Crippen molar-refractivity contribution in [1.82, 2.24) is 4.98 Å². The molecule has 0 saturated carbocycles. The van der Waals surface area contributed by atoms with Crippen molar-refractivity contribution in [3.63, 3.8) is 0 Å². The molecule has 3 aromatic rings. The molecule has 3 N–H and O–H groups in total. The molecule has 0 bridgehead atoms. The van der Waals surface area contributed by atoms with Crippen LogP contribution in [0.2, 0.25) is 5.02 Å². The molecule has 1 aromatic carbocycles. The first kappa shape index (κ1) is 20.9.